The van der Waals surface area contributed by atoms with Gasteiger partial charge >= 0.3 is 0 Å². The quantitative estimate of drug-likeness (QED) is 0.310. The summed E-state index contributed by atoms with van der Waals surface area (Å²) in [5.41, 5.74) is 0. The number of aliphatic hydroxyl groups is 3. The van der Waals surface area contributed by atoms with Crippen LogP contribution in [0.15, 0.2) is 12.2 Å². The van der Waals surface area contributed by atoms with Crippen LogP contribution in [-0.2, 0) is 9.47 Å². The van der Waals surface area contributed by atoms with Crippen molar-refractivity contribution < 1.29 is 24.8 Å². The van der Waals surface area contributed by atoms with Crippen LogP contribution in [0.5, 0.6) is 0 Å². The summed E-state index contributed by atoms with van der Waals surface area (Å²) < 4.78 is 10.6. The third kappa shape index (κ3) is 10.3. The minimum absolute atomic E-state index is 0.0663. The number of aliphatic hydroxyl groups excluding tert-OH is 3. The standard InChI is InChI=1S/C20H38O5/c1-2-3-4-5-6-7-8-9-10-11-12-13-14-24-15-18(22)20-19(23)17(21)16-25-20/h6-7,17-23H,2-5,8-16H2,1H3/b7-6+/t17-,18+,19-,20-/m1/s1. The maximum atomic E-state index is 9.90. The smallest absolute Gasteiger partial charge is 0.114 e. The molecule has 0 amide bonds. The Labute approximate surface area is 153 Å². The molecule has 1 aliphatic heterocycles. The molecule has 0 aromatic carbocycles. The van der Waals surface area contributed by atoms with E-state index in [1.807, 2.05) is 0 Å². The molecule has 1 heterocycles. The van der Waals surface area contributed by atoms with Gasteiger partial charge in [0.2, 0.25) is 0 Å². The van der Waals surface area contributed by atoms with Crippen LogP contribution in [0.3, 0.4) is 0 Å². The normalized spacial score (nSPS) is 25.0. The van der Waals surface area contributed by atoms with E-state index in [1.54, 1.807) is 0 Å². The Kier molecular flexibility index (Phi) is 13.3. The highest BCUT2D eigenvalue weighted by atomic mass is 16.5. The van der Waals surface area contributed by atoms with Crippen molar-refractivity contribution in [3.05, 3.63) is 12.2 Å². The van der Waals surface area contributed by atoms with E-state index in [4.69, 9.17) is 9.47 Å². The average molecular weight is 359 g/mol. The summed E-state index contributed by atoms with van der Waals surface area (Å²) in [4.78, 5) is 0. The van der Waals surface area contributed by atoms with Gasteiger partial charge in [0.15, 0.2) is 0 Å². The van der Waals surface area contributed by atoms with Crippen LogP contribution < -0.4 is 0 Å². The van der Waals surface area contributed by atoms with Gasteiger partial charge < -0.3 is 24.8 Å². The first kappa shape index (κ1) is 22.6. The van der Waals surface area contributed by atoms with Gasteiger partial charge in [-0.25, -0.2) is 0 Å². The molecule has 5 heteroatoms. The van der Waals surface area contributed by atoms with Crippen molar-refractivity contribution in [2.24, 2.45) is 0 Å². The molecular formula is C20H38O5. The average Bonchev–Trinajstić information content (AvgIpc) is 2.94. The van der Waals surface area contributed by atoms with Crippen molar-refractivity contribution in [3.63, 3.8) is 0 Å². The largest absolute Gasteiger partial charge is 0.388 e. The monoisotopic (exact) mass is 358 g/mol. The molecule has 25 heavy (non-hydrogen) atoms. The second kappa shape index (κ2) is 14.7. The molecule has 1 rings (SSSR count). The zero-order valence-corrected chi connectivity index (χ0v) is 15.8. The van der Waals surface area contributed by atoms with Gasteiger partial charge in [0.1, 0.15) is 24.4 Å². The predicted molar refractivity (Wildman–Crippen MR) is 99.6 cm³/mol. The van der Waals surface area contributed by atoms with Crippen LogP contribution in [0.1, 0.15) is 71.1 Å². The van der Waals surface area contributed by atoms with Gasteiger partial charge in [-0.2, -0.15) is 0 Å². The Morgan fingerprint density at radius 2 is 1.64 bits per heavy atom. The fraction of sp³-hybridized carbons (Fsp3) is 0.900. The summed E-state index contributed by atoms with van der Waals surface area (Å²) in [7, 11) is 0. The molecular weight excluding hydrogens is 320 g/mol. The van der Waals surface area contributed by atoms with E-state index in [9.17, 15) is 15.3 Å². The molecule has 0 saturated carbocycles. The van der Waals surface area contributed by atoms with Gasteiger partial charge in [-0.3, -0.25) is 0 Å². The molecule has 3 N–H and O–H groups in total. The second-order valence-electron chi connectivity index (χ2n) is 7.02. The third-order valence-electron chi connectivity index (χ3n) is 4.66. The Morgan fingerprint density at radius 1 is 1.00 bits per heavy atom. The molecule has 5 nitrogen and oxygen atoms in total. The lowest BCUT2D eigenvalue weighted by Crippen LogP contribution is -2.40. The molecule has 148 valence electrons. The number of unbranched alkanes of at least 4 members (excludes halogenated alkanes) is 8. The number of rotatable bonds is 15. The minimum atomic E-state index is -1.03. The highest BCUT2D eigenvalue weighted by Crippen LogP contribution is 2.18. The lowest BCUT2D eigenvalue weighted by molar-refractivity contribution is -0.0813. The molecule has 0 radical (unpaired) electrons. The van der Waals surface area contributed by atoms with E-state index in [-0.39, 0.29) is 13.2 Å². The summed E-state index contributed by atoms with van der Waals surface area (Å²) >= 11 is 0. The fourth-order valence-electron chi connectivity index (χ4n) is 3.01. The van der Waals surface area contributed by atoms with E-state index in [1.165, 1.54) is 51.4 Å². The summed E-state index contributed by atoms with van der Waals surface area (Å²) in [6.07, 6.45) is 13.2. The maximum absolute atomic E-state index is 9.90. The van der Waals surface area contributed by atoms with Crippen molar-refractivity contribution in [2.75, 3.05) is 19.8 Å². The van der Waals surface area contributed by atoms with Crippen molar-refractivity contribution in [1.82, 2.24) is 0 Å². The van der Waals surface area contributed by atoms with Crippen LogP contribution in [0.2, 0.25) is 0 Å². The predicted octanol–water partition coefficient (Wildman–Crippen LogP) is 2.96. The lowest BCUT2D eigenvalue weighted by atomic mass is 10.1. The van der Waals surface area contributed by atoms with Crippen LogP contribution >= 0.6 is 0 Å². The molecule has 0 spiro atoms. The van der Waals surface area contributed by atoms with Gasteiger partial charge in [-0.05, 0) is 32.1 Å². The molecule has 1 saturated heterocycles. The number of ether oxygens (including phenoxy) is 2. The molecule has 0 bridgehead atoms. The van der Waals surface area contributed by atoms with Crippen molar-refractivity contribution in [1.29, 1.82) is 0 Å². The lowest BCUT2D eigenvalue weighted by Gasteiger charge is -2.20. The second-order valence-corrected chi connectivity index (χ2v) is 7.02. The Morgan fingerprint density at radius 3 is 2.28 bits per heavy atom. The van der Waals surface area contributed by atoms with E-state index < -0.39 is 24.4 Å². The Hall–Kier alpha value is -0.460. The highest BCUT2D eigenvalue weighted by molar-refractivity contribution is 4.87. The molecule has 1 fully saturated rings. The van der Waals surface area contributed by atoms with Crippen molar-refractivity contribution in [2.45, 2.75) is 95.5 Å². The van der Waals surface area contributed by atoms with Crippen LogP contribution in [0.4, 0.5) is 0 Å². The van der Waals surface area contributed by atoms with Crippen LogP contribution in [0, 0.1) is 0 Å². The molecule has 0 aromatic heterocycles. The van der Waals surface area contributed by atoms with Crippen molar-refractivity contribution in [3.8, 4) is 0 Å². The van der Waals surface area contributed by atoms with Gasteiger partial charge in [-0.1, -0.05) is 51.2 Å². The first-order chi connectivity index (χ1) is 12.2. The minimum Gasteiger partial charge on any atom is -0.388 e. The SMILES string of the molecule is CCCCC/C=C/CCCCCCCOC[C@H](O)[C@H]1OC[C@@H](O)[C@H]1O. The van der Waals surface area contributed by atoms with Gasteiger partial charge in [0.05, 0.1) is 13.2 Å². The Balaban J connectivity index is 1.84. The third-order valence-corrected chi connectivity index (χ3v) is 4.66. The van der Waals surface area contributed by atoms with Crippen LogP contribution in [-0.4, -0.2) is 59.6 Å². The topological polar surface area (TPSA) is 79.2 Å². The fourth-order valence-corrected chi connectivity index (χ4v) is 3.01. The molecule has 4 atom stereocenters. The Bertz CT molecular complexity index is 334. The van der Waals surface area contributed by atoms with E-state index >= 15 is 0 Å². The highest BCUT2D eigenvalue weighted by Gasteiger charge is 2.39. The van der Waals surface area contributed by atoms with Gasteiger partial charge in [-0.15, -0.1) is 0 Å². The first-order valence-electron chi connectivity index (χ1n) is 10.0. The van der Waals surface area contributed by atoms with Gasteiger partial charge in [0, 0.05) is 6.61 Å². The number of hydrogen-bond acceptors (Lipinski definition) is 5. The number of allylic oxidation sites excluding steroid dienone is 2. The first-order valence-corrected chi connectivity index (χ1v) is 10.0. The van der Waals surface area contributed by atoms with E-state index in [0.29, 0.717) is 6.61 Å². The maximum Gasteiger partial charge on any atom is 0.114 e. The van der Waals surface area contributed by atoms with E-state index in [2.05, 4.69) is 19.1 Å². The molecule has 0 aliphatic carbocycles. The zero-order valence-electron chi connectivity index (χ0n) is 15.8. The molecule has 0 aromatic rings. The summed E-state index contributed by atoms with van der Waals surface area (Å²) in [5, 5.41) is 28.9. The summed E-state index contributed by atoms with van der Waals surface area (Å²) in [6.45, 7) is 3.05. The number of hydrogen-bond donors (Lipinski definition) is 3. The zero-order chi connectivity index (χ0) is 18.3. The summed E-state index contributed by atoms with van der Waals surface area (Å²) in [5.74, 6) is 0. The summed E-state index contributed by atoms with van der Waals surface area (Å²) in [6, 6.07) is 0. The van der Waals surface area contributed by atoms with Crippen molar-refractivity contribution >= 4 is 0 Å². The van der Waals surface area contributed by atoms with E-state index in [0.717, 1.165) is 12.8 Å². The molecule has 0 unspecified atom stereocenters. The molecule has 1 aliphatic rings. The van der Waals surface area contributed by atoms with Crippen LogP contribution in [0.25, 0.3) is 0 Å². The van der Waals surface area contributed by atoms with Gasteiger partial charge in [0.25, 0.3) is 0 Å².